The molecule has 0 aromatic heterocycles. The van der Waals surface area contributed by atoms with Gasteiger partial charge in [0, 0.05) is 13.1 Å². The zero-order chi connectivity index (χ0) is 14.6. The molecule has 0 spiro atoms. The fraction of sp³-hybridized carbons (Fsp3) is 0.417. The molecule has 1 N–H and O–H groups in total. The molecule has 0 radical (unpaired) electrons. The molecule has 20 heavy (non-hydrogen) atoms. The van der Waals surface area contributed by atoms with Crippen molar-refractivity contribution in [2.24, 2.45) is 0 Å². The molecule has 1 saturated heterocycles. The second kappa shape index (κ2) is 6.19. The summed E-state index contributed by atoms with van der Waals surface area (Å²) in [5, 5.41) is 0. The number of nitrogens with zero attached hydrogens (tertiary/aromatic N) is 1. The Balaban J connectivity index is 1.80. The number of ether oxygens (including phenoxy) is 1. The van der Waals surface area contributed by atoms with E-state index in [0.29, 0.717) is 26.1 Å². The van der Waals surface area contributed by atoms with Gasteiger partial charge in [0.25, 0.3) is 0 Å². The number of benzene rings is 1. The molecule has 110 valence electrons. The van der Waals surface area contributed by atoms with Crippen LogP contribution in [-0.4, -0.2) is 45.7 Å². The van der Waals surface area contributed by atoms with Gasteiger partial charge in [0.15, 0.2) is 0 Å². The Morgan fingerprint density at radius 1 is 1.30 bits per heavy atom. The van der Waals surface area contributed by atoms with Crippen LogP contribution in [0.3, 0.4) is 0 Å². The first kappa shape index (κ1) is 14.7. The third kappa shape index (κ3) is 3.67. The van der Waals surface area contributed by atoms with Gasteiger partial charge in [-0.1, -0.05) is 0 Å². The lowest BCUT2D eigenvalue weighted by Gasteiger charge is -2.12. The smallest absolute Gasteiger partial charge is 0.409 e. The normalized spacial score (nSPS) is 15.4. The lowest BCUT2D eigenvalue weighted by Crippen LogP contribution is -2.30. The van der Waals surface area contributed by atoms with Crippen molar-refractivity contribution in [2.45, 2.75) is 11.3 Å². The van der Waals surface area contributed by atoms with Crippen LogP contribution in [0.15, 0.2) is 29.2 Å². The monoisotopic (exact) mass is 302 g/mol. The summed E-state index contributed by atoms with van der Waals surface area (Å²) in [5.41, 5.74) is 0. The van der Waals surface area contributed by atoms with E-state index in [1.807, 2.05) is 0 Å². The van der Waals surface area contributed by atoms with Gasteiger partial charge in [-0.05, 0) is 30.7 Å². The first-order valence-electron chi connectivity index (χ1n) is 6.16. The molecule has 0 aliphatic carbocycles. The average Bonchev–Trinajstić information content (AvgIpc) is 2.81. The van der Waals surface area contributed by atoms with Gasteiger partial charge >= 0.3 is 6.09 Å². The summed E-state index contributed by atoms with van der Waals surface area (Å²) in [6.45, 7) is 1.54. The van der Waals surface area contributed by atoms with Crippen LogP contribution in [-0.2, 0) is 14.8 Å². The van der Waals surface area contributed by atoms with Crippen LogP contribution >= 0.6 is 0 Å². The van der Waals surface area contributed by atoms with Crippen LogP contribution in [0.2, 0.25) is 0 Å². The fourth-order valence-corrected chi connectivity index (χ4v) is 2.88. The van der Waals surface area contributed by atoms with E-state index in [1.54, 1.807) is 0 Å². The quantitative estimate of drug-likeness (QED) is 0.794. The van der Waals surface area contributed by atoms with Gasteiger partial charge in [-0.15, -0.1) is 0 Å². The van der Waals surface area contributed by atoms with Gasteiger partial charge in [0.05, 0.1) is 11.4 Å². The predicted molar refractivity (Wildman–Crippen MR) is 69.1 cm³/mol. The van der Waals surface area contributed by atoms with Crippen LogP contribution in [0.25, 0.3) is 0 Å². The largest absolute Gasteiger partial charge is 0.448 e. The van der Waals surface area contributed by atoms with Crippen molar-refractivity contribution in [2.75, 3.05) is 26.2 Å². The number of carbonyl (C=O) groups excluding carboxylic acids is 1. The van der Waals surface area contributed by atoms with Gasteiger partial charge in [0.2, 0.25) is 10.0 Å². The van der Waals surface area contributed by atoms with Crippen LogP contribution in [0.4, 0.5) is 9.18 Å². The fourth-order valence-electron chi connectivity index (χ4n) is 1.80. The first-order valence-corrected chi connectivity index (χ1v) is 7.64. The Hall–Kier alpha value is -1.67. The molecule has 1 aliphatic rings. The lowest BCUT2D eigenvalue weighted by atomic mass is 10.4. The summed E-state index contributed by atoms with van der Waals surface area (Å²) in [5.74, 6) is -0.489. The first-order chi connectivity index (χ1) is 9.49. The van der Waals surface area contributed by atoms with Crippen LogP contribution < -0.4 is 4.72 Å². The van der Waals surface area contributed by atoms with Crippen molar-refractivity contribution in [3.63, 3.8) is 0 Å². The third-order valence-electron chi connectivity index (χ3n) is 2.87. The van der Waals surface area contributed by atoms with Gasteiger partial charge in [-0.2, -0.15) is 0 Å². The van der Waals surface area contributed by atoms with E-state index >= 15 is 0 Å². The number of amides is 1. The lowest BCUT2D eigenvalue weighted by molar-refractivity contribution is 0.158. The SMILES string of the molecule is O=C1OCCN1CCCNS(=O)(=O)c1ccc(F)cc1. The molecule has 0 atom stereocenters. The minimum Gasteiger partial charge on any atom is -0.448 e. The van der Waals surface area contributed by atoms with Gasteiger partial charge in [0.1, 0.15) is 12.4 Å². The summed E-state index contributed by atoms with van der Waals surface area (Å²) >= 11 is 0. The van der Waals surface area contributed by atoms with Gasteiger partial charge in [-0.25, -0.2) is 22.3 Å². The highest BCUT2D eigenvalue weighted by molar-refractivity contribution is 7.89. The van der Waals surface area contributed by atoms with E-state index in [9.17, 15) is 17.6 Å². The molecule has 2 rings (SSSR count). The molecular formula is C12H15FN2O4S. The van der Waals surface area contributed by atoms with E-state index in [2.05, 4.69) is 4.72 Å². The van der Waals surface area contributed by atoms with E-state index in [4.69, 9.17) is 4.74 Å². The molecule has 1 amide bonds. The Morgan fingerprint density at radius 2 is 2.00 bits per heavy atom. The number of cyclic esters (lactones) is 1. The highest BCUT2D eigenvalue weighted by atomic mass is 32.2. The maximum Gasteiger partial charge on any atom is 0.409 e. The highest BCUT2D eigenvalue weighted by Gasteiger charge is 2.21. The molecule has 1 fully saturated rings. The minimum atomic E-state index is -3.64. The number of hydrogen-bond donors (Lipinski definition) is 1. The number of carbonyl (C=O) groups is 1. The maximum absolute atomic E-state index is 12.7. The standard InChI is InChI=1S/C12H15FN2O4S/c13-10-2-4-11(5-3-10)20(17,18)14-6-1-7-15-8-9-19-12(15)16/h2-5,14H,1,6-9H2. The number of rotatable bonds is 6. The number of hydrogen-bond acceptors (Lipinski definition) is 4. The Morgan fingerprint density at radius 3 is 2.60 bits per heavy atom. The van der Waals surface area contributed by atoms with Gasteiger partial charge < -0.3 is 9.64 Å². The Labute approximate surface area is 116 Å². The Bertz CT molecular complexity index is 574. The molecular weight excluding hydrogens is 287 g/mol. The minimum absolute atomic E-state index is 0.0134. The molecule has 6 nitrogen and oxygen atoms in total. The van der Waals surface area contributed by atoms with Crippen molar-refractivity contribution in [1.29, 1.82) is 0 Å². The van der Waals surface area contributed by atoms with E-state index in [1.165, 1.54) is 17.0 Å². The summed E-state index contributed by atoms with van der Waals surface area (Å²) in [6, 6.07) is 4.59. The summed E-state index contributed by atoms with van der Waals surface area (Å²) in [4.78, 5) is 12.7. The summed E-state index contributed by atoms with van der Waals surface area (Å²) in [7, 11) is -3.64. The predicted octanol–water partition coefficient (Wildman–Crippen LogP) is 0.946. The maximum atomic E-state index is 12.7. The number of nitrogens with one attached hydrogen (secondary N) is 1. The van der Waals surface area contributed by atoms with E-state index in [-0.39, 0.29) is 17.5 Å². The second-order valence-electron chi connectivity index (χ2n) is 4.31. The van der Waals surface area contributed by atoms with Gasteiger partial charge in [-0.3, -0.25) is 0 Å². The molecule has 1 aromatic rings. The summed E-state index contributed by atoms with van der Waals surface area (Å²) in [6.07, 6.45) is 0.113. The topological polar surface area (TPSA) is 75.7 Å². The van der Waals surface area contributed by atoms with Crippen molar-refractivity contribution in [3.05, 3.63) is 30.1 Å². The second-order valence-corrected chi connectivity index (χ2v) is 6.07. The molecule has 0 bridgehead atoms. The Kier molecular flexibility index (Phi) is 4.56. The van der Waals surface area contributed by atoms with Crippen molar-refractivity contribution in [1.82, 2.24) is 9.62 Å². The molecule has 1 aromatic carbocycles. The van der Waals surface area contributed by atoms with Crippen molar-refractivity contribution < 1.29 is 22.3 Å². The average molecular weight is 302 g/mol. The third-order valence-corrected chi connectivity index (χ3v) is 4.34. The van der Waals surface area contributed by atoms with E-state index in [0.717, 1.165) is 12.1 Å². The van der Waals surface area contributed by atoms with Crippen LogP contribution in [0.1, 0.15) is 6.42 Å². The van der Waals surface area contributed by atoms with Crippen molar-refractivity contribution >= 4 is 16.1 Å². The number of halogens is 1. The molecule has 1 aliphatic heterocycles. The molecule has 8 heteroatoms. The number of sulfonamides is 1. The zero-order valence-electron chi connectivity index (χ0n) is 10.7. The summed E-state index contributed by atoms with van der Waals surface area (Å²) < 4.78 is 43.6. The van der Waals surface area contributed by atoms with Crippen LogP contribution in [0.5, 0.6) is 0 Å². The van der Waals surface area contributed by atoms with Crippen molar-refractivity contribution in [3.8, 4) is 0 Å². The zero-order valence-corrected chi connectivity index (χ0v) is 11.5. The molecule has 1 heterocycles. The highest BCUT2D eigenvalue weighted by Crippen LogP contribution is 2.09. The molecule has 0 unspecified atom stereocenters. The van der Waals surface area contributed by atoms with Crippen LogP contribution in [0, 0.1) is 5.82 Å². The van der Waals surface area contributed by atoms with E-state index < -0.39 is 15.8 Å². The molecule has 0 saturated carbocycles.